The second kappa shape index (κ2) is 6.97. The van der Waals surface area contributed by atoms with Crippen molar-refractivity contribution < 1.29 is 9.53 Å². The van der Waals surface area contributed by atoms with Crippen LogP contribution in [0.3, 0.4) is 0 Å². The molecule has 106 valence electrons. The van der Waals surface area contributed by atoms with E-state index in [1.807, 2.05) is 19.2 Å². The maximum atomic E-state index is 11.4. The number of hydrogen-bond donors (Lipinski definition) is 2. The highest BCUT2D eigenvalue weighted by atomic mass is 16.5. The van der Waals surface area contributed by atoms with E-state index in [1.165, 1.54) is 17.5 Å². The predicted molar refractivity (Wildman–Crippen MR) is 78.5 cm³/mol. The molecule has 0 heterocycles. The molecule has 1 aromatic rings. The molecule has 0 radical (unpaired) electrons. The van der Waals surface area contributed by atoms with Gasteiger partial charge in [0.05, 0.1) is 6.54 Å². The summed E-state index contributed by atoms with van der Waals surface area (Å²) in [5, 5.41) is 5.90. The Kier molecular flexibility index (Phi) is 5.03. The maximum Gasteiger partial charge on any atom is 0.258 e. The van der Waals surface area contributed by atoms with Crippen molar-refractivity contribution in [3.63, 3.8) is 0 Å². The van der Waals surface area contributed by atoms with Crippen LogP contribution in [-0.2, 0) is 11.2 Å². The van der Waals surface area contributed by atoms with Gasteiger partial charge in [-0.1, -0.05) is 12.0 Å². The number of aryl methyl sites for hydroxylation is 1. The zero-order chi connectivity index (χ0) is 14.4. The summed E-state index contributed by atoms with van der Waals surface area (Å²) in [6, 6.07) is 6.47. The normalized spacial score (nSPS) is 16.9. The molecular weight excluding hydrogens is 252 g/mol. The van der Waals surface area contributed by atoms with Crippen molar-refractivity contribution in [2.75, 3.05) is 20.2 Å². The van der Waals surface area contributed by atoms with Gasteiger partial charge in [-0.3, -0.25) is 4.79 Å². The number of hydrogen-bond acceptors (Lipinski definition) is 3. The smallest absolute Gasteiger partial charge is 0.258 e. The van der Waals surface area contributed by atoms with E-state index in [-0.39, 0.29) is 19.1 Å². The lowest BCUT2D eigenvalue weighted by Crippen LogP contribution is -2.29. The Balaban J connectivity index is 1.97. The molecule has 20 heavy (non-hydrogen) atoms. The maximum absolute atomic E-state index is 11.4. The second-order valence-electron chi connectivity index (χ2n) is 4.86. The number of rotatable bonds is 5. The Morgan fingerprint density at radius 1 is 1.55 bits per heavy atom. The van der Waals surface area contributed by atoms with Crippen LogP contribution in [0.1, 0.15) is 30.0 Å². The minimum absolute atomic E-state index is 0.00404. The van der Waals surface area contributed by atoms with Gasteiger partial charge in [0.15, 0.2) is 6.61 Å². The highest BCUT2D eigenvalue weighted by Gasteiger charge is 2.19. The number of amides is 1. The van der Waals surface area contributed by atoms with Crippen LogP contribution in [0.2, 0.25) is 0 Å². The Labute approximate surface area is 119 Å². The van der Waals surface area contributed by atoms with Crippen molar-refractivity contribution in [1.29, 1.82) is 0 Å². The standard InChI is InChI=1S/C16H20N2O2/c1-3-9-18-16(19)11-20-13-7-8-14-12(10-13)5-4-6-15(14)17-2/h1,7-8,10,15,17H,4-6,9,11H2,2H3,(H,18,19). The van der Waals surface area contributed by atoms with Crippen molar-refractivity contribution in [3.8, 4) is 18.1 Å². The lowest BCUT2D eigenvalue weighted by atomic mass is 9.87. The van der Waals surface area contributed by atoms with Crippen LogP contribution in [-0.4, -0.2) is 26.1 Å². The van der Waals surface area contributed by atoms with Gasteiger partial charge in [-0.15, -0.1) is 6.42 Å². The molecule has 0 saturated carbocycles. The third-order valence-electron chi connectivity index (χ3n) is 3.53. The first-order chi connectivity index (χ1) is 9.74. The fourth-order valence-corrected chi connectivity index (χ4v) is 2.53. The van der Waals surface area contributed by atoms with Crippen molar-refractivity contribution in [2.24, 2.45) is 0 Å². The molecule has 1 aliphatic rings. The zero-order valence-corrected chi connectivity index (χ0v) is 11.7. The van der Waals surface area contributed by atoms with E-state index in [0.717, 1.165) is 18.6 Å². The molecule has 2 rings (SSSR count). The summed E-state index contributed by atoms with van der Waals surface area (Å²) in [6.07, 6.45) is 8.47. The summed E-state index contributed by atoms with van der Waals surface area (Å²) >= 11 is 0. The molecule has 0 aromatic heterocycles. The third kappa shape index (κ3) is 3.52. The Bertz CT molecular complexity index is 520. The number of benzene rings is 1. The van der Waals surface area contributed by atoms with Gasteiger partial charge < -0.3 is 15.4 Å². The van der Waals surface area contributed by atoms with Crippen LogP contribution in [0.5, 0.6) is 5.75 Å². The Morgan fingerprint density at radius 2 is 2.40 bits per heavy atom. The summed E-state index contributed by atoms with van der Waals surface area (Å²) in [5.74, 6) is 2.89. The van der Waals surface area contributed by atoms with Gasteiger partial charge in [0, 0.05) is 6.04 Å². The fraction of sp³-hybridized carbons (Fsp3) is 0.438. The van der Waals surface area contributed by atoms with Gasteiger partial charge in [-0.05, 0) is 49.6 Å². The van der Waals surface area contributed by atoms with E-state index >= 15 is 0 Å². The summed E-state index contributed by atoms with van der Waals surface area (Å²) in [6.45, 7) is 0.228. The van der Waals surface area contributed by atoms with Gasteiger partial charge in [0.1, 0.15) is 5.75 Å². The molecule has 1 atom stereocenters. The molecule has 4 nitrogen and oxygen atoms in total. The van der Waals surface area contributed by atoms with Gasteiger partial charge in [-0.25, -0.2) is 0 Å². The quantitative estimate of drug-likeness (QED) is 0.797. The molecule has 4 heteroatoms. The van der Waals surface area contributed by atoms with E-state index in [0.29, 0.717) is 6.04 Å². The number of ether oxygens (including phenoxy) is 1. The topological polar surface area (TPSA) is 50.4 Å². The second-order valence-corrected chi connectivity index (χ2v) is 4.86. The third-order valence-corrected chi connectivity index (χ3v) is 3.53. The number of fused-ring (bicyclic) bond motifs is 1. The van der Waals surface area contributed by atoms with Gasteiger partial charge in [0.25, 0.3) is 5.91 Å². The highest BCUT2D eigenvalue weighted by Crippen LogP contribution is 2.31. The van der Waals surface area contributed by atoms with Crippen LogP contribution in [0.25, 0.3) is 0 Å². The lowest BCUT2D eigenvalue weighted by Gasteiger charge is -2.25. The van der Waals surface area contributed by atoms with Crippen LogP contribution in [0.4, 0.5) is 0 Å². The van der Waals surface area contributed by atoms with E-state index in [9.17, 15) is 4.79 Å². The van der Waals surface area contributed by atoms with E-state index in [4.69, 9.17) is 11.2 Å². The average molecular weight is 272 g/mol. The SMILES string of the molecule is C#CCNC(=O)COc1ccc2c(c1)CCCC2NC. The van der Waals surface area contributed by atoms with E-state index in [2.05, 4.69) is 22.6 Å². The van der Waals surface area contributed by atoms with E-state index < -0.39 is 0 Å². The first kappa shape index (κ1) is 14.4. The molecule has 0 bridgehead atoms. The Hall–Kier alpha value is -1.99. The molecular formula is C16H20N2O2. The number of carbonyl (C=O) groups is 1. The molecule has 1 amide bonds. The van der Waals surface area contributed by atoms with Gasteiger partial charge in [0.2, 0.25) is 0 Å². The monoisotopic (exact) mass is 272 g/mol. The number of carbonyl (C=O) groups excluding carboxylic acids is 1. The largest absolute Gasteiger partial charge is 0.484 e. The minimum Gasteiger partial charge on any atom is -0.484 e. The van der Waals surface area contributed by atoms with Crippen LogP contribution in [0.15, 0.2) is 18.2 Å². The summed E-state index contributed by atoms with van der Waals surface area (Å²) < 4.78 is 5.50. The molecule has 0 spiro atoms. The number of nitrogens with one attached hydrogen (secondary N) is 2. The van der Waals surface area contributed by atoms with Gasteiger partial charge in [-0.2, -0.15) is 0 Å². The van der Waals surface area contributed by atoms with Crippen LogP contribution >= 0.6 is 0 Å². The van der Waals surface area contributed by atoms with Crippen LogP contribution < -0.4 is 15.4 Å². The van der Waals surface area contributed by atoms with Crippen molar-refractivity contribution in [3.05, 3.63) is 29.3 Å². The molecule has 0 saturated heterocycles. The van der Waals surface area contributed by atoms with Gasteiger partial charge >= 0.3 is 0 Å². The molecule has 0 aliphatic heterocycles. The first-order valence-corrected chi connectivity index (χ1v) is 6.87. The minimum atomic E-state index is -0.200. The van der Waals surface area contributed by atoms with Crippen molar-refractivity contribution >= 4 is 5.91 Å². The highest BCUT2D eigenvalue weighted by molar-refractivity contribution is 5.77. The Morgan fingerprint density at radius 3 is 3.15 bits per heavy atom. The van der Waals surface area contributed by atoms with Crippen molar-refractivity contribution in [1.82, 2.24) is 10.6 Å². The zero-order valence-electron chi connectivity index (χ0n) is 11.7. The summed E-state index contributed by atoms with van der Waals surface area (Å²) in [5.41, 5.74) is 2.64. The number of terminal acetylenes is 1. The predicted octanol–water partition coefficient (Wildman–Crippen LogP) is 1.41. The summed E-state index contributed by atoms with van der Waals surface area (Å²) in [7, 11) is 1.99. The molecule has 2 N–H and O–H groups in total. The van der Waals surface area contributed by atoms with Crippen LogP contribution in [0, 0.1) is 12.3 Å². The lowest BCUT2D eigenvalue weighted by molar-refractivity contribution is -0.122. The van der Waals surface area contributed by atoms with E-state index in [1.54, 1.807) is 0 Å². The summed E-state index contributed by atoms with van der Waals surface area (Å²) in [4.78, 5) is 11.4. The molecule has 1 aromatic carbocycles. The average Bonchev–Trinajstić information content (AvgIpc) is 2.49. The first-order valence-electron chi connectivity index (χ1n) is 6.87. The molecule has 1 aliphatic carbocycles. The van der Waals surface area contributed by atoms with Crippen molar-refractivity contribution in [2.45, 2.75) is 25.3 Å². The molecule has 0 fully saturated rings. The fourth-order valence-electron chi connectivity index (χ4n) is 2.53. The molecule has 1 unspecified atom stereocenters.